The molecule has 0 saturated carbocycles. The Bertz CT molecular complexity index is 2340. The molecule has 5 aromatic carbocycles. The van der Waals surface area contributed by atoms with Gasteiger partial charge >= 0.3 is 0 Å². The molecular formula is C37H25N3S. The molecule has 1 aliphatic carbocycles. The second-order valence-corrected chi connectivity index (χ2v) is 12.5. The Kier molecular flexibility index (Phi) is 4.55. The Balaban J connectivity index is 1.48. The van der Waals surface area contributed by atoms with Gasteiger partial charge in [-0.15, -0.1) is 11.3 Å². The zero-order chi connectivity index (χ0) is 27.3. The third kappa shape index (κ3) is 3.03. The van der Waals surface area contributed by atoms with Crippen LogP contribution >= 0.6 is 11.3 Å². The van der Waals surface area contributed by atoms with Crippen LogP contribution in [0.3, 0.4) is 0 Å². The topological polar surface area (TPSA) is 30.7 Å². The van der Waals surface area contributed by atoms with Crippen molar-refractivity contribution in [1.82, 2.24) is 14.5 Å². The van der Waals surface area contributed by atoms with Gasteiger partial charge in [0, 0.05) is 47.5 Å². The van der Waals surface area contributed by atoms with Crippen LogP contribution in [0.5, 0.6) is 0 Å². The van der Waals surface area contributed by atoms with Gasteiger partial charge in [-0.25, -0.2) is 9.97 Å². The van der Waals surface area contributed by atoms with E-state index >= 15 is 0 Å². The van der Waals surface area contributed by atoms with Crippen LogP contribution in [0.25, 0.3) is 70.3 Å². The van der Waals surface area contributed by atoms with Crippen molar-refractivity contribution in [3.63, 3.8) is 0 Å². The summed E-state index contributed by atoms with van der Waals surface area (Å²) in [5.41, 5.74) is 7.84. The van der Waals surface area contributed by atoms with E-state index in [1.165, 1.54) is 47.6 Å². The molecule has 1 aliphatic rings. The van der Waals surface area contributed by atoms with Crippen molar-refractivity contribution in [3.05, 3.63) is 127 Å². The van der Waals surface area contributed by atoms with Gasteiger partial charge in [0.15, 0.2) is 5.82 Å². The first-order valence-corrected chi connectivity index (χ1v) is 14.8. The predicted molar refractivity (Wildman–Crippen MR) is 172 cm³/mol. The Labute approximate surface area is 241 Å². The number of hydrogen-bond acceptors (Lipinski definition) is 3. The fourth-order valence-corrected chi connectivity index (χ4v) is 8.12. The lowest BCUT2D eigenvalue weighted by Crippen LogP contribution is -2.18. The molecule has 0 atom stereocenters. The molecule has 8 aromatic rings. The summed E-state index contributed by atoms with van der Waals surface area (Å²) in [5, 5.41) is 5.17. The molecule has 3 nitrogen and oxygen atoms in total. The van der Waals surface area contributed by atoms with Crippen LogP contribution in [0.2, 0.25) is 0 Å². The highest BCUT2D eigenvalue weighted by atomic mass is 32.1. The average Bonchev–Trinajstić information content (AvgIpc) is 3.63. The summed E-state index contributed by atoms with van der Waals surface area (Å²) in [7, 11) is 0. The molecular weight excluding hydrogens is 518 g/mol. The molecule has 0 aliphatic heterocycles. The first-order chi connectivity index (χ1) is 20.1. The Morgan fingerprint density at radius 2 is 1.37 bits per heavy atom. The van der Waals surface area contributed by atoms with Crippen LogP contribution in [0.1, 0.15) is 25.1 Å². The monoisotopic (exact) mass is 543 g/mol. The smallest absolute Gasteiger partial charge is 0.161 e. The van der Waals surface area contributed by atoms with Crippen molar-refractivity contribution in [2.75, 3.05) is 0 Å². The summed E-state index contributed by atoms with van der Waals surface area (Å²) in [4.78, 5) is 10.7. The summed E-state index contributed by atoms with van der Waals surface area (Å²) in [5.74, 6) is 1.70. The van der Waals surface area contributed by atoms with E-state index in [4.69, 9.17) is 9.97 Å². The second kappa shape index (κ2) is 8.12. The van der Waals surface area contributed by atoms with Gasteiger partial charge in [-0.2, -0.15) is 0 Å². The van der Waals surface area contributed by atoms with E-state index < -0.39 is 0 Å². The van der Waals surface area contributed by atoms with E-state index in [9.17, 15) is 0 Å². The number of rotatable bonds is 2. The summed E-state index contributed by atoms with van der Waals surface area (Å²) < 4.78 is 5.03. The lowest BCUT2D eigenvalue weighted by molar-refractivity contribution is 0.635. The third-order valence-corrected chi connectivity index (χ3v) is 9.98. The average molecular weight is 544 g/mol. The van der Waals surface area contributed by atoms with Crippen LogP contribution < -0.4 is 0 Å². The van der Waals surface area contributed by atoms with Crippen molar-refractivity contribution in [1.29, 1.82) is 0 Å². The number of thiophene rings is 1. The first-order valence-electron chi connectivity index (χ1n) is 14.0. The number of para-hydroxylation sites is 1. The summed E-state index contributed by atoms with van der Waals surface area (Å²) in [6.07, 6.45) is 0. The fraction of sp³-hybridized carbons (Fsp3) is 0.0811. The summed E-state index contributed by atoms with van der Waals surface area (Å²) in [6.45, 7) is 4.58. The van der Waals surface area contributed by atoms with E-state index in [0.717, 1.165) is 34.0 Å². The third-order valence-electron chi connectivity index (χ3n) is 8.78. The number of nitrogens with zero attached hydrogens (tertiary/aromatic N) is 3. The van der Waals surface area contributed by atoms with E-state index in [2.05, 4.69) is 128 Å². The van der Waals surface area contributed by atoms with Gasteiger partial charge < -0.3 is 0 Å². The largest absolute Gasteiger partial charge is 0.293 e. The maximum atomic E-state index is 5.40. The molecule has 0 N–H and O–H groups in total. The standard InChI is InChI=1S/C37H25N3S/c1-37(2)27-17-9-6-15-25(27)32-34(37)38-35(22-12-4-3-5-13-22)39-36(32)40-28-18-10-7-16-26(28)31-29(40)21-20-24-23-14-8-11-19-30(23)41-33(24)31/h3-21H,1-2H3. The first kappa shape index (κ1) is 23.0. The highest BCUT2D eigenvalue weighted by Gasteiger charge is 2.40. The Morgan fingerprint density at radius 3 is 2.24 bits per heavy atom. The molecule has 194 valence electrons. The van der Waals surface area contributed by atoms with Gasteiger partial charge in [-0.1, -0.05) is 111 Å². The van der Waals surface area contributed by atoms with Crippen molar-refractivity contribution in [2.45, 2.75) is 19.3 Å². The zero-order valence-electron chi connectivity index (χ0n) is 22.7. The van der Waals surface area contributed by atoms with Gasteiger partial charge in [0.05, 0.1) is 16.7 Å². The van der Waals surface area contributed by atoms with Crippen molar-refractivity contribution < 1.29 is 0 Å². The fourth-order valence-electron chi connectivity index (χ4n) is 6.86. The molecule has 3 heterocycles. The van der Waals surface area contributed by atoms with Gasteiger partial charge in [0.2, 0.25) is 0 Å². The highest BCUT2D eigenvalue weighted by molar-refractivity contribution is 7.26. The SMILES string of the molecule is CC1(C)c2ccccc2-c2c(-n3c4ccccc4c4c5sc6ccccc6c5ccc43)nc(-c3ccccc3)nc21. The molecule has 0 spiro atoms. The minimum absolute atomic E-state index is 0.245. The molecule has 0 bridgehead atoms. The maximum Gasteiger partial charge on any atom is 0.161 e. The summed E-state index contributed by atoms with van der Waals surface area (Å²) >= 11 is 1.88. The van der Waals surface area contributed by atoms with Crippen LogP contribution in [0.4, 0.5) is 0 Å². The highest BCUT2D eigenvalue weighted by Crippen LogP contribution is 2.51. The molecule has 0 radical (unpaired) electrons. The maximum absolute atomic E-state index is 5.40. The number of benzene rings is 5. The van der Waals surface area contributed by atoms with E-state index in [0.29, 0.717) is 0 Å². The molecule has 3 aromatic heterocycles. The number of hydrogen-bond donors (Lipinski definition) is 0. The van der Waals surface area contributed by atoms with Crippen LogP contribution in [-0.4, -0.2) is 14.5 Å². The molecule has 0 amide bonds. The van der Waals surface area contributed by atoms with E-state index in [1.807, 2.05) is 17.4 Å². The molecule has 0 fully saturated rings. The minimum Gasteiger partial charge on any atom is -0.293 e. The van der Waals surface area contributed by atoms with Crippen molar-refractivity contribution in [2.24, 2.45) is 0 Å². The van der Waals surface area contributed by atoms with Crippen LogP contribution in [0.15, 0.2) is 115 Å². The zero-order valence-corrected chi connectivity index (χ0v) is 23.5. The Morgan fingerprint density at radius 1 is 0.634 bits per heavy atom. The molecule has 9 rings (SSSR count). The molecule has 0 unspecified atom stereocenters. The van der Waals surface area contributed by atoms with Gasteiger partial charge in [-0.05, 0) is 29.3 Å². The quantitative estimate of drug-likeness (QED) is 0.217. The number of aromatic nitrogens is 3. The lowest BCUT2D eigenvalue weighted by Gasteiger charge is -2.21. The molecule has 4 heteroatoms. The number of fused-ring (bicyclic) bond motifs is 10. The van der Waals surface area contributed by atoms with Gasteiger partial charge in [0.25, 0.3) is 0 Å². The normalized spacial score (nSPS) is 13.8. The van der Waals surface area contributed by atoms with Crippen molar-refractivity contribution >= 4 is 53.3 Å². The van der Waals surface area contributed by atoms with E-state index in [-0.39, 0.29) is 5.41 Å². The molecule has 0 saturated heterocycles. The van der Waals surface area contributed by atoms with E-state index in [1.54, 1.807) is 0 Å². The predicted octanol–water partition coefficient (Wildman–Crippen LogP) is 9.91. The lowest BCUT2D eigenvalue weighted by atomic mass is 9.85. The van der Waals surface area contributed by atoms with Crippen LogP contribution in [0, 0.1) is 0 Å². The van der Waals surface area contributed by atoms with Crippen molar-refractivity contribution in [3.8, 4) is 28.3 Å². The Hall–Kier alpha value is -4.80. The van der Waals surface area contributed by atoms with Gasteiger partial charge in [-0.3, -0.25) is 4.57 Å². The summed E-state index contributed by atoms with van der Waals surface area (Å²) in [6, 6.07) is 41.2. The van der Waals surface area contributed by atoms with Crippen LogP contribution in [-0.2, 0) is 5.41 Å². The minimum atomic E-state index is -0.245. The molecule has 41 heavy (non-hydrogen) atoms. The van der Waals surface area contributed by atoms with Gasteiger partial charge in [0.1, 0.15) is 5.82 Å². The second-order valence-electron chi connectivity index (χ2n) is 11.4.